The molecule has 1 aromatic heterocycles. The van der Waals surface area contributed by atoms with Crippen LogP contribution in [0.4, 0.5) is 0 Å². The number of hydrogen-bond donors (Lipinski definition) is 2. The summed E-state index contributed by atoms with van der Waals surface area (Å²) in [5, 5.41) is 20.5. The summed E-state index contributed by atoms with van der Waals surface area (Å²) >= 11 is 0. The van der Waals surface area contributed by atoms with Gasteiger partial charge in [0.05, 0.1) is 11.5 Å². The van der Waals surface area contributed by atoms with Crippen LogP contribution in [0.15, 0.2) is 46.9 Å². The zero-order valence-electron chi connectivity index (χ0n) is 24.8. The Kier molecular flexibility index (Phi) is 9.32. The Labute approximate surface area is 233 Å². The molecule has 3 aromatic rings. The van der Waals surface area contributed by atoms with E-state index in [0.29, 0.717) is 17.1 Å². The number of benzene rings is 2. The van der Waals surface area contributed by atoms with Gasteiger partial charge in [0.25, 0.3) is 5.91 Å². The first-order valence-corrected chi connectivity index (χ1v) is 14.1. The van der Waals surface area contributed by atoms with Gasteiger partial charge in [0.2, 0.25) is 0 Å². The number of carboxylic acids is 1. The van der Waals surface area contributed by atoms with Crippen molar-refractivity contribution in [3.05, 3.63) is 70.5 Å². The third-order valence-electron chi connectivity index (χ3n) is 8.17. The van der Waals surface area contributed by atoms with Crippen molar-refractivity contribution in [1.82, 2.24) is 4.90 Å². The molecule has 6 nitrogen and oxygen atoms in total. The van der Waals surface area contributed by atoms with Gasteiger partial charge in [-0.15, -0.1) is 0 Å². The lowest BCUT2D eigenvalue weighted by Gasteiger charge is -2.32. The number of carboxylic acid groups (broad SMARTS) is 1. The second-order valence-corrected chi connectivity index (χ2v) is 12.2. The fraction of sp³-hybridized carbons (Fsp3) is 0.515. The Bertz CT molecular complexity index is 1310. The minimum Gasteiger partial charge on any atom is -0.480 e. The number of fused-ring (bicyclic) bond motifs is 1. The third kappa shape index (κ3) is 6.55. The number of nitrogens with zero attached hydrogens (tertiary/aromatic N) is 1. The van der Waals surface area contributed by atoms with Crippen molar-refractivity contribution in [1.29, 1.82) is 0 Å². The standard InChI is InChI=1S/C33H45NO5/c1-9-33(10-2,25-14-11-22(26(19-25)21(3)4)13-16-28(35)32(5,6)7)29-18-24-17-23(12-15-27(24)39-29)31(38)34(8)20-30(36)37/h11-12,14-15,17-19,21,28,35H,9-10,13,16,20H2,1-8H3,(H,36,37). The Morgan fingerprint density at radius 2 is 1.67 bits per heavy atom. The number of aliphatic carboxylic acids is 1. The van der Waals surface area contributed by atoms with Gasteiger partial charge >= 0.3 is 5.97 Å². The normalized spacial score (nSPS) is 13.2. The van der Waals surface area contributed by atoms with Crippen LogP contribution in [0.2, 0.25) is 0 Å². The number of rotatable bonds is 11. The molecule has 0 aliphatic carbocycles. The SMILES string of the molecule is CCC(CC)(c1ccc(CCC(O)C(C)(C)C)c(C(C)C)c1)c1cc2cc(C(=O)N(C)CC(=O)O)ccc2o1. The molecule has 6 heteroatoms. The van der Waals surface area contributed by atoms with Gasteiger partial charge in [0.1, 0.15) is 17.9 Å². The van der Waals surface area contributed by atoms with Crippen molar-refractivity contribution in [3.8, 4) is 0 Å². The molecule has 212 valence electrons. The molecule has 1 heterocycles. The molecule has 1 amide bonds. The predicted octanol–water partition coefficient (Wildman–Crippen LogP) is 7.16. The first kappa shape index (κ1) is 30.4. The van der Waals surface area contributed by atoms with Gasteiger partial charge in [-0.05, 0) is 78.0 Å². The number of furan rings is 1. The number of amides is 1. The summed E-state index contributed by atoms with van der Waals surface area (Å²) in [6, 6.07) is 14.0. The lowest BCUT2D eigenvalue weighted by Crippen LogP contribution is -2.31. The van der Waals surface area contributed by atoms with Gasteiger partial charge in [-0.25, -0.2) is 0 Å². The molecular weight excluding hydrogens is 490 g/mol. The zero-order valence-corrected chi connectivity index (χ0v) is 24.8. The van der Waals surface area contributed by atoms with Crippen molar-refractivity contribution >= 4 is 22.8 Å². The number of carbonyl (C=O) groups excluding carboxylic acids is 1. The van der Waals surface area contributed by atoms with Crippen molar-refractivity contribution in [3.63, 3.8) is 0 Å². The second-order valence-electron chi connectivity index (χ2n) is 12.2. The average molecular weight is 536 g/mol. The fourth-order valence-electron chi connectivity index (χ4n) is 5.44. The van der Waals surface area contributed by atoms with Crippen molar-refractivity contribution in [2.45, 2.75) is 91.6 Å². The molecule has 39 heavy (non-hydrogen) atoms. The molecule has 1 unspecified atom stereocenters. The predicted molar refractivity (Wildman–Crippen MR) is 156 cm³/mol. The van der Waals surface area contributed by atoms with Crippen LogP contribution < -0.4 is 0 Å². The maximum Gasteiger partial charge on any atom is 0.323 e. The van der Waals surface area contributed by atoms with Crippen LogP contribution in [0, 0.1) is 5.41 Å². The third-order valence-corrected chi connectivity index (χ3v) is 8.17. The summed E-state index contributed by atoms with van der Waals surface area (Å²) in [7, 11) is 1.49. The van der Waals surface area contributed by atoms with Crippen LogP contribution in [-0.4, -0.2) is 46.7 Å². The molecular formula is C33H45NO5. The van der Waals surface area contributed by atoms with Crippen LogP contribution >= 0.6 is 0 Å². The summed E-state index contributed by atoms with van der Waals surface area (Å²) in [6.07, 6.45) is 2.88. The maximum absolute atomic E-state index is 12.8. The fourth-order valence-corrected chi connectivity index (χ4v) is 5.44. The molecule has 0 spiro atoms. The van der Waals surface area contributed by atoms with Gasteiger partial charge in [0.15, 0.2) is 0 Å². The number of aryl methyl sites for hydroxylation is 1. The van der Waals surface area contributed by atoms with E-state index in [2.05, 4.69) is 66.7 Å². The van der Waals surface area contributed by atoms with Crippen LogP contribution in [0.1, 0.15) is 106 Å². The topological polar surface area (TPSA) is 91.0 Å². The first-order chi connectivity index (χ1) is 18.2. The van der Waals surface area contributed by atoms with E-state index in [1.165, 1.54) is 28.6 Å². The van der Waals surface area contributed by atoms with E-state index in [1.807, 2.05) is 6.07 Å². The molecule has 3 rings (SSSR count). The summed E-state index contributed by atoms with van der Waals surface area (Å²) < 4.78 is 6.42. The average Bonchev–Trinajstić information content (AvgIpc) is 3.30. The zero-order chi connectivity index (χ0) is 29.1. The number of aliphatic hydroxyl groups excluding tert-OH is 1. The minimum atomic E-state index is -1.05. The quantitative estimate of drug-likeness (QED) is 0.272. The van der Waals surface area contributed by atoms with Gasteiger partial charge in [-0.2, -0.15) is 0 Å². The molecule has 0 fully saturated rings. The highest BCUT2D eigenvalue weighted by molar-refractivity contribution is 5.98. The number of aliphatic hydroxyl groups is 1. The second kappa shape index (κ2) is 12.0. The van der Waals surface area contributed by atoms with Gasteiger partial charge in [-0.1, -0.05) is 66.7 Å². The molecule has 0 aliphatic rings. The van der Waals surface area contributed by atoms with E-state index in [0.717, 1.165) is 36.8 Å². The number of hydrogen-bond acceptors (Lipinski definition) is 4. The van der Waals surface area contributed by atoms with Crippen molar-refractivity contribution < 1.29 is 24.2 Å². The Morgan fingerprint density at radius 3 is 2.23 bits per heavy atom. The number of carbonyl (C=O) groups is 2. The Morgan fingerprint density at radius 1 is 1.00 bits per heavy atom. The van der Waals surface area contributed by atoms with Gasteiger partial charge in [-0.3, -0.25) is 9.59 Å². The summed E-state index contributed by atoms with van der Waals surface area (Å²) in [6.45, 7) is 14.6. The van der Waals surface area contributed by atoms with E-state index in [1.54, 1.807) is 18.2 Å². The summed E-state index contributed by atoms with van der Waals surface area (Å²) in [4.78, 5) is 25.0. The monoisotopic (exact) mass is 535 g/mol. The molecule has 1 atom stereocenters. The Balaban J connectivity index is 2.01. The molecule has 0 saturated heterocycles. The van der Waals surface area contributed by atoms with Crippen molar-refractivity contribution in [2.24, 2.45) is 5.41 Å². The van der Waals surface area contributed by atoms with Crippen LogP contribution in [0.3, 0.4) is 0 Å². The van der Waals surface area contributed by atoms with E-state index in [4.69, 9.17) is 9.52 Å². The molecule has 0 aliphatic heterocycles. The lowest BCUT2D eigenvalue weighted by atomic mass is 9.72. The smallest absolute Gasteiger partial charge is 0.323 e. The molecule has 2 N–H and O–H groups in total. The van der Waals surface area contributed by atoms with Gasteiger partial charge < -0.3 is 19.5 Å². The minimum absolute atomic E-state index is 0.144. The maximum atomic E-state index is 12.8. The highest BCUT2D eigenvalue weighted by Gasteiger charge is 2.35. The molecule has 0 radical (unpaired) electrons. The van der Waals surface area contributed by atoms with E-state index >= 15 is 0 Å². The first-order valence-electron chi connectivity index (χ1n) is 14.1. The summed E-state index contributed by atoms with van der Waals surface area (Å²) in [5.74, 6) is -0.194. The van der Waals surface area contributed by atoms with Crippen molar-refractivity contribution in [2.75, 3.05) is 13.6 Å². The van der Waals surface area contributed by atoms with Crippen LogP contribution in [0.25, 0.3) is 11.0 Å². The lowest BCUT2D eigenvalue weighted by molar-refractivity contribution is -0.137. The highest BCUT2D eigenvalue weighted by Crippen LogP contribution is 2.43. The van der Waals surface area contributed by atoms with E-state index < -0.39 is 5.97 Å². The Hall–Kier alpha value is -3.12. The van der Waals surface area contributed by atoms with E-state index in [-0.39, 0.29) is 29.4 Å². The van der Waals surface area contributed by atoms with Crippen LogP contribution in [-0.2, 0) is 16.6 Å². The number of likely N-dealkylation sites (N-methyl/N-ethyl adjacent to an activating group) is 1. The molecule has 0 bridgehead atoms. The summed E-state index contributed by atoms with van der Waals surface area (Å²) in [5.41, 5.74) is 4.42. The van der Waals surface area contributed by atoms with Crippen LogP contribution in [0.5, 0.6) is 0 Å². The van der Waals surface area contributed by atoms with E-state index in [9.17, 15) is 14.7 Å². The molecule has 0 saturated carbocycles. The highest BCUT2D eigenvalue weighted by atomic mass is 16.4. The van der Waals surface area contributed by atoms with Gasteiger partial charge in [0, 0.05) is 18.0 Å². The largest absolute Gasteiger partial charge is 0.480 e. The molecule has 2 aromatic carbocycles.